The average Bonchev–Trinajstić information content (AvgIpc) is 3.01. The summed E-state index contributed by atoms with van der Waals surface area (Å²) in [6.07, 6.45) is 0.350. The van der Waals surface area contributed by atoms with E-state index in [9.17, 15) is 4.79 Å². The Morgan fingerprint density at radius 2 is 1.96 bits per heavy atom. The minimum absolute atomic E-state index is 0.166. The third-order valence-electron chi connectivity index (χ3n) is 4.26. The minimum Gasteiger partial charge on any atom is -0.442 e. The van der Waals surface area contributed by atoms with Gasteiger partial charge in [0.2, 0.25) is 0 Å². The highest BCUT2D eigenvalue weighted by molar-refractivity contribution is 7.99. The van der Waals surface area contributed by atoms with E-state index in [1.165, 1.54) is 17.2 Å². The number of ether oxygens (including phenoxy) is 1. The molecule has 130 valence electrons. The van der Waals surface area contributed by atoms with E-state index in [-0.39, 0.29) is 12.2 Å². The molecule has 1 amide bonds. The van der Waals surface area contributed by atoms with E-state index in [0.717, 1.165) is 30.2 Å². The van der Waals surface area contributed by atoms with E-state index in [1.54, 1.807) is 4.90 Å². The molecule has 2 aliphatic heterocycles. The fourth-order valence-electron chi connectivity index (χ4n) is 2.86. The van der Waals surface area contributed by atoms with Crippen LogP contribution in [0.15, 0.2) is 24.3 Å². The first-order chi connectivity index (χ1) is 11.7. The molecule has 0 radical (unpaired) electrons. The third-order valence-corrected chi connectivity index (χ3v) is 5.64. The molecule has 5 nitrogen and oxygen atoms in total. The molecule has 1 aromatic rings. The smallest absolute Gasteiger partial charge is 0.414 e. The normalized spacial score (nSPS) is 20.9. The van der Waals surface area contributed by atoms with Crippen molar-refractivity contribution in [2.75, 3.05) is 47.5 Å². The topological polar surface area (TPSA) is 44.8 Å². The number of nitrogens with one attached hydrogen (secondary N) is 1. The predicted molar refractivity (Wildman–Crippen MR) is 104 cm³/mol. The van der Waals surface area contributed by atoms with Crippen LogP contribution in [-0.2, 0) is 4.74 Å². The lowest BCUT2D eigenvalue weighted by Crippen LogP contribution is -2.33. The highest BCUT2D eigenvalue weighted by atomic mass is 32.2. The second-order valence-corrected chi connectivity index (χ2v) is 7.61. The van der Waals surface area contributed by atoms with E-state index < -0.39 is 0 Å². The number of hydrogen-bond acceptors (Lipinski definition) is 5. The number of amides is 1. The Kier molecular flexibility index (Phi) is 5.84. The molecule has 1 aromatic carbocycles. The van der Waals surface area contributed by atoms with E-state index in [0.29, 0.717) is 13.1 Å². The first-order valence-corrected chi connectivity index (χ1v) is 9.91. The average molecular weight is 366 g/mol. The maximum atomic E-state index is 12.1. The molecule has 24 heavy (non-hydrogen) atoms. The van der Waals surface area contributed by atoms with E-state index in [1.807, 2.05) is 30.8 Å². The van der Waals surface area contributed by atoms with Gasteiger partial charge in [0.1, 0.15) is 6.10 Å². The number of anilines is 2. The lowest BCUT2D eigenvalue weighted by molar-refractivity contribution is 0.143. The molecule has 1 unspecified atom stereocenters. The summed E-state index contributed by atoms with van der Waals surface area (Å²) < 4.78 is 5.42. The van der Waals surface area contributed by atoms with Crippen LogP contribution in [0.4, 0.5) is 16.2 Å². The van der Waals surface area contributed by atoms with Crippen molar-refractivity contribution in [2.24, 2.45) is 0 Å². The van der Waals surface area contributed by atoms with Gasteiger partial charge in [0, 0.05) is 36.0 Å². The van der Waals surface area contributed by atoms with Gasteiger partial charge in [-0.3, -0.25) is 4.90 Å². The van der Waals surface area contributed by atoms with Crippen LogP contribution < -0.4 is 15.1 Å². The summed E-state index contributed by atoms with van der Waals surface area (Å²) in [5.74, 6) is 2.35. The monoisotopic (exact) mass is 365 g/mol. The van der Waals surface area contributed by atoms with Gasteiger partial charge in [0.15, 0.2) is 0 Å². The van der Waals surface area contributed by atoms with Gasteiger partial charge in [0.25, 0.3) is 0 Å². The number of carbonyl (C=O) groups excluding carboxylic acids is 1. The number of cyclic esters (lactones) is 1. The summed E-state index contributed by atoms with van der Waals surface area (Å²) in [7, 11) is 0. The maximum absolute atomic E-state index is 12.1. The van der Waals surface area contributed by atoms with Crippen molar-refractivity contribution in [2.45, 2.75) is 19.4 Å². The predicted octanol–water partition coefficient (Wildman–Crippen LogP) is 2.89. The Labute approximate surface area is 152 Å². The van der Waals surface area contributed by atoms with Crippen LogP contribution in [0.25, 0.3) is 0 Å². The van der Waals surface area contributed by atoms with Gasteiger partial charge < -0.3 is 15.0 Å². The van der Waals surface area contributed by atoms with Crippen LogP contribution in [0.2, 0.25) is 0 Å². The molecule has 3 rings (SSSR count). The molecule has 2 fully saturated rings. The standard InChI is InChI=1S/C17H23N3O2S2/c1-2-16(23)18-11-15-12-20(17(21)22-15)14-5-3-13(4-6-14)19-7-9-24-10-8-19/h3-6,15H,2,7-12H2,1H3,(H,18,23). The van der Waals surface area contributed by atoms with Crippen LogP contribution >= 0.6 is 24.0 Å². The van der Waals surface area contributed by atoms with Gasteiger partial charge in [-0.05, 0) is 30.7 Å². The number of rotatable bonds is 5. The summed E-state index contributed by atoms with van der Waals surface area (Å²) in [5, 5.41) is 3.14. The van der Waals surface area contributed by atoms with Gasteiger partial charge in [-0.1, -0.05) is 19.1 Å². The number of carbonyl (C=O) groups is 1. The number of thioether (sulfide) groups is 1. The lowest BCUT2D eigenvalue weighted by Gasteiger charge is -2.28. The highest BCUT2D eigenvalue weighted by Gasteiger charge is 2.32. The van der Waals surface area contributed by atoms with Crippen LogP contribution in [0.5, 0.6) is 0 Å². The van der Waals surface area contributed by atoms with Gasteiger partial charge in [-0.15, -0.1) is 0 Å². The molecular weight excluding hydrogens is 342 g/mol. The van der Waals surface area contributed by atoms with Crippen molar-refractivity contribution in [3.63, 3.8) is 0 Å². The fraction of sp³-hybridized carbons (Fsp3) is 0.529. The van der Waals surface area contributed by atoms with Gasteiger partial charge in [-0.2, -0.15) is 11.8 Å². The largest absolute Gasteiger partial charge is 0.442 e. The quantitative estimate of drug-likeness (QED) is 0.810. The molecule has 1 atom stereocenters. The Hall–Kier alpha value is -1.47. The molecule has 1 N–H and O–H groups in total. The zero-order valence-corrected chi connectivity index (χ0v) is 15.5. The van der Waals surface area contributed by atoms with E-state index in [4.69, 9.17) is 17.0 Å². The van der Waals surface area contributed by atoms with Gasteiger partial charge in [0.05, 0.1) is 18.1 Å². The molecule has 2 heterocycles. The summed E-state index contributed by atoms with van der Waals surface area (Å²) in [4.78, 5) is 17.0. The molecule has 2 saturated heterocycles. The second-order valence-electron chi connectivity index (χ2n) is 5.89. The second kappa shape index (κ2) is 8.07. The van der Waals surface area contributed by atoms with E-state index in [2.05, 4.69) is 22.3 Å². The lowest BCUT2D eigenvalue weighted by atomic mass is 10.2. The Balaban J connectivity index is 1.59. The number of hydrogen-bond donors (Lipinski definition) is 1. The number of benzene rings is 1. The molecule has 7 heteroatoms. The number of thiocarbonyl (C=S) groups is 1. The number of nitrogens with zero attached hydrogens (tertiary/aromatic N) is 2. The third kappa shape index (κ3) is 4.13. The molecule has 0 spiro atoms. The van der Waals surface area contributed by atoms with Crippen LogP contribution in [0.3, 0.4) is 0 Å². The van der Waals surface area contributed by atoms with E-state index >= 15 is 0 Å². The first-order valence-electron chi connectivity index (χ1n) is 8.35. The molecule has 2 aliphatic rings. The summed E-state index contributed by atoms with van der Waals surface area (Å²) in [5.41, 5.74) is 2.11. The molecular formula is C17H23N3O2S2. The van der Waals surface area contributed by atoms with Crippen LogP contribution in [-0.4, -0.2) is 54.9 Å². The summed E-state index contributed by atoms with van der Waals surface area (Å²) in [6, 6.07) is 8.20. The molecule has 0 aliphatic carbocycles. The first kappa shape index (κ1) is 17.4. The molecule has 0 bridgehead atoms. The van der Waals surface area contributed by atoms with Crippen LogP contribution in [0.1, 0.15) is 13.3 Å². The van der Waals surface area contributed by atoms with Crippen molar-refractivity contribution in [1.29, 1.82) is 0 Å². The fourth-order valence-corrected chi connectivity index (χ4v) is 3.84. The van der Waals surface area contributed by atoms with Gasteiger partial charge >= 0.3 is 6.09 Å². The SMILES string of the molecule is CCC(=S)NCC1CN(c2ccc(N3CCSCC3)cc2)C(=O)O1. The van der Waals surface area contributed by atoms with Crippen molar-refractivity contribution in [3.05, 3.63) is 24.3 Å². The Morgan fingerprint density at radius 3 is 2.62 bits per heavy atom. The zero-order valence-electron chi connectivity index (χ0n) is 13.9. The van der Waals surface area contributed by atoms with Crippen molar-refractivity contribution in [3.8, 4) is 0 Å². The molecule has 0 saturated carbocycles. The van der Waals surface area contributed by atoms with Crippen molar-refractivity contribution >= 4 is 46.4 Å². The Bertz CT molecular complexity index is 588. The highest BCUT2D eigenvalue weighted by Crippen LogP contribution is 2.26. The minimum atomic E-state index is -0.286. The van der Waals surface area contributed by atoms with Crippen molar-refractivity contribution < 1.29 is 9.53 Å². The summed E-state index contributed by atoms with van der Waals surface area (Å²) >= 11 is 7.15. The summed E-state index contributed by atoms with van der Waals surface area (Å²) in [6.45, 7) is 5.29. The Morgan fingerprint density at radius 1 is 1.29 bits per heavy atom. The molecule has 0 aromatic heterocycles. The zero-order chi connectivity index (χ0) is 16.9. The maximum Gasteiger partial charge on any atom is 0.414 e. The van der Waals surface area contributed by atoms with Crippen LogP contribution in [0, 0.1) is 0 Å². The van der Waals surface area contributed by atoms with Gasteiger partial charge in [-0.25, -0.2) is 4.79 Å². The van der Waals surface area contributed by atoms with Crippen molar-refractivity contribution in [1.82, 2.24) is 5.32 Å².